The summed E-state index contributed by atoms with van der Waals surface area (Å²) in [4.78, 5) is 19.2. The van der Waals surface area contributed by atoms with Crippen molar-refractivity contribution in [2.45, 2.75) is 36.6 Å². The molecule has 2 aromatic rings. The third-order valence-electron chi connectivity index (χ3n) is 4.11. The fourth-order valence-electron chi connectivity index (χ4n) is 2.94. The van der Waals surface area contributed by atoms with Gasteiger partial charge in [-0.3, -0.25) is 14.7 Å². The molecule has 2 aromatic heterocycles. The lowest BCUT2D eigenvalue weighted by Crippen LogP contribution is -2.39. The molecule has 3 heterocycles. The number of amides is 1. The third kappa shape index (κ3) is 5.23. The average molecular weight is 378 g/mol. The van der Waals surface area contributed by atoms with Gasteiger partial charge in [0.2, 0.25) is 5.91 Å². The Kier molecular flexibility index (Phi) is 6.77. The number of aromatic nitrogens is 3. The van der Waals surface area contributed by atoms with E-state index in [0.717, 1.165) is 53.0 Å². The lowest BCUT2D eigenvalue weighted by molar-refractivity contribution is -0.126. The van der Waals surface area contributed by atoms with Gasteiger partial charge in [-0.25, -0.2) is 0 Å². The first-order chi connectivity index (χ1) is 12.2. The van der Waals surface area contributed by atoms with Crippen LogP contribution in [-0.4, -0.2) is 51.4 Å². The van der Waals surface area contributed by atoms with E-state index in [-0.39, 0.29) is 11.9 Å². The molecule has 0 saturated carbocycles. The highest BCUT2D eigenvalue weighted by atomic mass is 32.2. The summed E-state index contributed by atoms with van der Waals surface area (Å²) in [7, 11) is 0. The molecule has 0 spiro atoms. The molecule has 1 amide bonds. The number of nitrogens with one attached hydrogen (secondary N) is 1. The summed E-state index contributed by atoms with van der Waals surface area (Å²) in [6, 6.07) is 3.66. The SMILES string of the molecule is Cc1nnc(SCCCNC(=O)[C@@H](c2cccnc2)N2CCCC2)s1. The second kappa shape index (κ2) is 9.26. The summed E-state index contributed by atoms with van der Waals surface area (Å²) in [5.41, 5.74) is 0.973. The molecule has 0 unspecified atom stereocenters. The minimum atomic E-state index is -0.227. The molecule has 1 fully saturated rings. The van der Waals surface area contributed by atoms with Crippen molar-refractivity contribution in [2.75, 3.05) is 25.4 Å². The molecule has 0 aliphatic carbocycles. The van der Waals surface area contributed by atoms with Crippen LogP contribution < -0.4 is 5.32 Å². The summed E-state index contributed by atoms with van der Waals surface area (Å²) < 4.78 is 0.995. The molecular formula is C17H23N5OS2. The van der Waals surface area contributed by atoms with Crippen molar-refractivity contribution in [3.63, 3.8) is 0 Å². The van der Waals surface area contributed by atoms with Crippen LogP contribution in [0.5, 0.6) is 0 Å². The highest BCUT2D eigenvalue weighted by molar-refractivity contribution is 8.01. The maximum absolute atomic E-state index is 12.8. The number of rotatable bonds is 8. The van der Waals surface area contributed by atoms with Gasteiger partial charge >= 0.3 is 0 Å². The Labute approximate surface area is 156 Å². The van der Waals surface area contributed by atoms with Crippen molar-refractivity contribution in [3.05, 3.63) is 35.1 Å². The number of hydrogen-bond donors (Lipinski definition) is 1. The predicted octanol–water partition coefficient (Wildman–Crippen LogP) is 2.68. The number of hydrogen-bond acceptors (Lipinski definition) is 7. The Bertz CT molecular complexity index is 673. The van der Waals surface area contributed by atoms with E-state index < -0.39 is 0 Å². The van der Waals surface area contributed by atoms with Gasteiger partial charge in [0.25, 0.3) is 0 Å². The molecule has 25 heavy (non-hydrogen) atoms. The number of aryl methyl sites for hydroxylation is 1. The Balaban J connectivity index is 1.48. The van der Waals surface area contributed by atoms with Gasteiger partial charge in [0, 0.05) is 24.7 Å². The maximum atomic E-state index is 12.8. The first-order valence-electron chi connectivity index (χ1n) is 8.58. The third-order valence-corrected chi connectivity index (χ3v) is 6.17. The van der Waals surface area contributed by atoms with Crippen LogP contribution in [0, 0.1) is 6.92 Å². The van der Waals surface area contributed by atoms with E-state index in [2.05, 4.69) is 25.4 Å². The standard InChI is InChI=1S/C17H23N5OS2/c1-13-20-21-17(25-13)24-11-5-8-19-16(23)15(22-9-2-3-10-22)14-6-4-7-18-12-14/h4,6-7,12,15H,2-3,5,8-11H2,1H3,(H,19,23)/t15-/m1/s1. The van der Waals surface area contributed by atoms with E-state index in [1.165, 1.54) is 0 Å². The Morgan fingerprint density at radius 2 is 2.24 bits per heavy atom. The van der Waals surface area contributed by atoms with Crippen LogP contribution in [0.1, 0.15) is 35.9 Å². The number of nitrogens with zero attached hydrogens (tertiary/aromatic N) is 4. The lowest BCUT2D eigenvalue weighted by Gasteiger charge is -2.26. The lowest BCUT2D eigenvalue weighted by atomic mass is 10.1. The van der Waals surface area contributed by atoms with Crippen LogP contribution in [0.15, 0.2) is 28.9 Å². The van der Waals surface area contributed by atoms with Gasteiger partial charge in [-0.2, -0.15) is 0 Å². The molecule has 1 N–H and O–H groups in total. The molecule has 0 aromatic carbocycles. The fraction of sp³-hybridized carbons (Fsp3) is 0.529. The normalized spacial score (nSPS) is 16.0. The number of thioether (sulfide) groups is 1. The van der Waals surface area contributed by atoms with Crippen LogP contribution >= 0.6 is 23.1 Å². The van der Waals surface area contributed by atoms with E-state index in [1.807, 2.05) is 19.1 Å². The monoisotopic (exact) mass is 377 g/mol. The van der Waals surface area contributed by atoms with Gasteiger partial charge in [-0.1, -0.05) is 29.2 Å². The van der Waals surface area contributed by atoms with E-state index in [4.69, 9.17) is 0 Å². The Morgan fingerprint density at radius 3 is 2.92 bits per heavy atom. The summed E-state index contributed by atoms with van der Waals surface area (Å²) in [5.74, 6) is 1.00. The summed E-state index contributed by atoms with van der Waals surface area (Å²) >= 11 is 3.31. The molecule has 1 aliphatic rings. The molecular weight excluding hydrogens is 354 g/mol. The summed E-state index contributed by atoms with van der Waals surface area (Å²) in [6.45, 7) is 4.57. The highest BCUT2D eigenvalue weighted by Gasteiger charge is 2.29. The zero-order chi connectivity index (χ0) is 17.5. The molecule has 1 saturated heterocycles. The number of carbonyl (C=O) groups excluding carboxylic acids is 1. The van der Waals surface area contributed by atoms with E-state index in [0.29, 0.717) is 6.54 Å². The summed E-state index contributed by atoms with van der Waals surface area (Å²) in [5, 5.41) is 12.2. The molecule has 8 heteroatoms. The summed E-state index contributed by atoms with van der Waals surface area (Å²) in [6.07, 6.45) is 6.77. The van der Waals surface area contributed by atoms with Crippen molar-refractivity contribution >= 4 is 29.0 Å². The zero-order valence-corrected chi connectivity index (χ0v) is 16.0. The van der Waals surface area contributed by atoms with Gasteiger partial charge in [0.05, 0.1) is 0 Å². The molecule has 1 aliphatic heterocycles. The Morgan fingerprint density at radius 1 is 1.40 bits per heavy atom. The first-order valence-corrected chi connectivity index (χ1v) is 10.4. The highest BCUT2D eigenvalue weighted by Crippen LogP contribution is 2.25. The van der Waals surface area contributed by atoms with E-state index in [9.17, 15) is 4.79 Å². The van der Waals surface area contributed by atoms with Gasteiger partial charge in [0.1, 0.15) is 11.0 Å². The average Bonchev–Trinajstić information content (AvgIpc) is 3.28. The predicted molar refractivity (Wildman–Crippen MR) is 101 cm³/mol. The molecule has 134 valence electrons. The zero-order valence-electron chi connectivity index (χ0n) is 14.4. The largest absolute Gasteiger partial charge is 0.354 e. The molecule has 0 radical (unpaired) electrons. The van der Waals surface area contributed by atoms with Gasteiger partial charge < -0.3 is 5.32 Å². The van der Waals surface area contributed by atoms with E-state index >= 15 is 0 Å². The fourth-order valence-corrected chi connectivity index (χ4v) is 4.77. The van der Waals surface area contributed by atoms with Gasteiger partial charge in [0.15, 0.2) is 4.34 Å². The van der Waals surface area contributed by atoms with Gasteiger partial charge in [-0.15, -0.1) is 10.2 Å². The number of carbonyl (C=O) groups is 1. The number of likely N-dealkylation sites (tertiary alicyclic amines) is 1. The quantitative estimate of drug-likeness (QED) is 0.563. The second-order valence-corrected chi connectivity index (χ2v) is 8.54. The van der Waals surface area contributed by atoms with Crippen molar-refractivity contribution in [2.24, 2.45) is 0 Å². The van der Waals surface area contributed by atoms with Crippen molar-refractivity contribution in [3.8, 4) is 0 Å². The molecule has 1 atom stereocenters. The van der Waals surface area contributed by atoms with Crippen LogP contribution in [0.4, 0.5) is 0 Å². The van der Waals surface area contributed by atoms with Crippen LogP contribution in [-0.2, 0) is 4.79 Å². The van der Waals surface area contributed by atoms with Crippen molar-refractivity contribution in [1.82, 2.24) is 25.4 Å². The second-order valence-electron chi connectivity index (χ2n) is 6.01. The van der Waals surface area contributed by atoms with Gasteiger partial charge in [-0.05, 0) is 50.9 Å². The van der Waals surface area contributed by atoms with Crippen molar-refractivity contribution in [1.29, 1.82) is 0 Å². The van der Waals surface area contributed by atoms with Crippen LogP contribution in [0.25, 0.3) is 0 Å². The van der Waals surface area contributed by atoms with E-state index in [1.54, 1.807) is 35.5 Å². The van der Waals surface area contributed by atoms with Crippen molar-refractivity contribution < 1.29 is 4.79 Å². The number of pyridine rings is 1. The first kappa shape index (κ1) is 18.3. The maximum Gasteiger partial charge on any atom is 0.242 e. The molecule has 0 bridgehead atoms. The minimum Gasteiger partial charge on any atom is -0.354 e. The molecule has 6 nitrogen and oxygen atoms in total. The minimum absolute atomic E-state index is 0.0756. The van der Waals surface area contributed by atoms with Crippen LogP contribution in [0.3, 0.4) is 0 Å². The topological polar surface area (TPSA) is 71.0 Å². The molecule has 3 rings (SSSR count). The Hall–Kier alpha value is -1.51. The smallest absolute Gasteiger partial charge is 0.242 e. The van der Waals surface area contributed by atoms with Crippen LogP contribution in [0.2, 0.25) is 0 Å².